The van der Waals surface area contributed by atoms with Gasteiger partial charge >= 0.3 is 0 Å². The largest absolute Gasteiger partial charge is 0.378 e. The minimum atomic E-state index is -0.0398. The summed E-state index contributed by atoms with van der Waals surface area (Å²) >= 11 is 0. The quantitative estimate of drug-likeness (QED) is 0.780. The molecule has 1 saturated heterocycles. The van der Waals surface area contributed by atoms with E-state index < -0.39 is 0 Å². The van der Waals surface area contributed by atoms with Crippen LogP contribution in [0, 0.1) is 16.7 Å². The standard InChI is InChI=1S/C14H26N2O2/c1-8-9(6-7-18-8)10(17)16-12-13(2,3)11(15)14(12,4)5/h8-9,11-12H,6-7,15H2,1-5H3,(H,16,17). The predicted octanol–water partition coefficient (Wildman–Crippen LogP) is 1.29. The predicted molar refractivity (Wildman–Crippen MR) is 71.0 cm³/mol. The summed E-state index contributed by atoms with van der Waals surface area (Å²) in [6.07, 6.45) is 0.858. The number of ether oxygens (including phenoxy) is 1. The second kappa shape index (κ2) is 4.20. The summed E-state index contributed by atoms with van der Waals surface area (Å²) < 4.78 is 5.46. The van der Waals surface area contributed by atoms with Crippen LogP contribution in [0.15, 0.2) is 0 Å². The van der Waals surface area contributed by atoms with Gasteiger partial charge in [0.2, 0.25) is 5.91 Å². The maximum atomic E-state index is 12.3. The lowest BCUT2D eigenvalue weighted by atomic mass is 9.48. The number of hydrogen-bond donors (Lipinski definition) is 2. The highest BCUT2D eigenvalue weighted by Crippen LogP contribution is 2.52. The van der Waals surface area contributed by atoms with Crippen LogP contribution in [0.1, 0.15) is 41.0 Å². The van der Waals surface area contributed by atoms with Gasteiger partial charge in [0.25, 0.3) is 0 Å². The van der Waals surface area contributed by atoms with E-state index in [-0.39, 0.29) is 40.8 Å². The summed E-state index contributed by atoms with van der Waals surface area (Å²) in [4.78, 5) is 12.3. The van der Waals surface area contributed by atoms with E-state index in [2.05, 4.69) is 33.0 Å². The molecule has 0 bridgehead atoms. The average Bonchev–Trinajstić information content (AvgIpc) is 2.70. The van der Waals surface area contributed by atoms with Crippen LogP contribution in [-0.2, 0) is 9.53 Å². The van der Waals surface area contributed by atoms with Crippen molar-refractivity contribution in [1.29, 1.82) is 0 Å². The van der Waals surface area contributed by atoms with Crippen LogP contribution in [0.5, 0.6) is 0 Å². The molecule has 0 aromatic carbocycles. The van der Waals surface area contributed by atoms with Gasteiger partial charge in [-0.25, -0.2) is 0 Å². The van der Waals surface area contributed by atoms with Gasteiger partial charge < -0.3 is 15.8 Å². The summed E-state index contributed by atoms with van der Waals surface area (Å²) in [5.74, 6) is 0.117. The monoisotopic (exact) mass is 254 g/mol. The Kier molecular flexibility index (Phi) is 3.23. The van der Waals surface area contributed by atoms with Gasteiger partial charge in [0.15, 0.2) is 0 Å². The van der Waals surface area contributed by atoms with Crippen molar-refractivity contribution >= 4 is 5.91 Å². The van der Waals surface area contributed by atoms with E-state index in [0.717, 1.165) is 6.42 Å². The Morgan fingerprint density at radius 2 is 1.83 bits per heavy atom. The topological polar surface area (TPSA) is 64.3 Å². The van der Waals surface area contributed by atoms with Crippen LogP contribution >= 0.6 is 0 Å². The van der Waals surface area contributed by atoms with Gasteiger partial charge in [-0.3, -0.25) is 4.79 Å². The van der Waals surface area contributed by atoms with Crippen LogP contribution < -0.4 is 11.1 Å². The highest BCUT2D eigenvalue weighted by Gasteiger charge is 2.60. The zero-order valence-electron chi connectivity index (χ0n) is 12.1. The molecule has 0 aromatic heterocycles. The molecule has 0 spiro atoms. The Balaban J connectivity index is 2.03. The lowest BCUT2D eigenvalue weighted by Gasteiger charge is -2.63. The molecule has 2 fully saturated rings. The molecule has 18 heavy (non-hydrogen) atoms. The first kappa shape index (κ1) is 13.8. The van der Waals surface area contributed by atoms with Gasteiger partial charge in [-0.15, -0.1) is 0 Å². The van der Waals surface area contributed by atoms with Crippen LogP contribution in [0.2, 0.25) is 0 Å². The molecule has 2 atom stereocenters. The minimum Gasteiger partial charge on any atom is -0.378 e. The van der Waals surface area contributed by atoms with E-state index in [9.17, 15) is 4.79 Å². The number of rotatable bonds is 2. The van der Waals surface area contributed by atoms with Crippen LogP contribution in [-0.4, -0.2) is 30.7 Å². The first-order chi connectivity index (χ1) is 8.19. The number of carbonyl (C=O) groups is 1. The van der Waals surface area contributed by atoms with Gasteiger partial charge in [0, 0.05) is 29.5 Å². The summed E-state index contributed by atoms with van der Waals surface area (Å²) in [6, 6.07) is 0.257. The Morgan fingerprint density at radius 3 is 2.28 bits per heavy atom. The van der Waals surface area contributed by atoms with Crippen molar-refractivity contribution in [3.63, 3.8) is 0 Å². The third kappa shape index (κ3) is 1.86. The maximum Gasteiger partial charge on any atom is 0.226 e. The SMILES string of the molecule is CC1OCCC1C(=O)NC1C(C)(C)C(N)C1(C)C. The second-order valence-electron chi connectivity index (χ2n) is 7.03. The van der Waals surface area contributed by atoms with Crippen molar-refractivity contribution in [2.45, 2.75) is 59.2 Å². The molecule has 1 aliphatic carbocycles. The van der Waals surface area contributed by atoms with Gasteiger partial charge in [-0.05, 0) is 13.3 Å². The van der Waals surface area contributed by atoms with Gasteiger partial charge in [-0.1, -0.05) is 27.7 Å². The zero-order valence-corrected chi connectivity index (χ0v) is 12.1. The maximum absolute atomic E-state index is 12.3. The van der Waals surface area contributed by atoms with Crippen LogP contribution in [0.3, 0.4) is 0 Å². The van der Waals surface area contributed by atoms with Crippen molar-refractivity contribution in [2.75, 3.05) is 6.61 Å². The van der Waals surface area contributed by atoms with E-state index in [1.165, 1.54) is 0 Å². The summed E-state index contributed by atoms with van der Waals surface area (Å²) in [5.41, 5.74) is 6.13. The highest BCUT2D eigenvalue weighted by atomic mass is 16.5. The molecule has 1 heterocycles. The molecular weight excluding hydrogens is 228 g/mol. The highest BCUT2D eigenvalue weighted by molar-refractivity contribution is 5.80. The molecule has 0 aromatic rings. The number of nitrogens with one attached hydrogen (secondary N) is 1. The normalized spacial score (nSPS) is 41.2. The molecule has 2 unspecified atom stereocenters. The lowest BCUT2D eigenvalue weighted by molar-refractivity contribution is -0.137. The van der Waals surface area contributed by atoms with Crippen LogP contribution in [0.4, 0.5) is 0 Å². The minimum absolute atomic E-state index is 0.00609. The molecule has 3 N–H and O–H groups in total. The first-order valence-electron chi connectivity index (χ1n) is 6.86. The molecule has 1 saturated carbocycles. The van der Waals surface area contributed by atoms with Gasteiger partial charge in [0.1, 0.15) is 0 Å². The van der Waals surface area contributed by atoms with Crippen molar-refractivity contribution in [2.24, 2.45) is 22.5 Å². The fourth-order valence-electron chi connectivity index (χ4n) is 3.88. The number of amides is 1. The second-order valence-corrected chi connectivity index (χ2v) is 7.03. The Bertz CT molecular complexity index is 336. The third-order valence-electron chi connectivity index (χ3n) is 5.09. The lowest BCUT2D eigenvalue weighted by Crippen LogP contribution is -2.76. The third-order valence-corrected chi connectivity index (χ3v) is 5.09. The van der Waals surface area contributed by atoms with Gasteiger partial charge in [0.05, 0.1) is 12.0 Å². The molecule has 0 radical (unpaired) electrons. The van der Waals surface area contributed by atoms with E-state index in [0.29, 0.717) is 6.61 Å². The molecule has 2 aliphatic rings. The molecule has 2 rings (SSSR count). The molecular formula is C14H26N2O2. The summed E-state index contributed by atoms with van der Waals surface area (Å²) in [5, 5.41) is 3.20. The molecule has 1 amide bonds. The van der Waals surface area contributed by atoms with Crippen molar-refractivity contribution in [1.82, 2.24) is 5.32 Å². The van der Waals surface area contributed by atoms with Gasteiger partial charge in [-0.2, -0.15) is 0 Å². The Hall–Kier alpha value is -0.610. The van der Waals surface area contributed by atoms with E-state index >= 15 is 0 Å². The van der Waals surface area contributed by atoms with Crippen molar-refractivity contribution < 1.29 is 9.53 Å². The average molecular weight is 254 g/mol. The summed E-state index contributed by atoms with van der Waals surface area (Å²) in [6.45, 7) is 11.2. The molecule has 4 nitrogen and oxygen atoms in total. The number of carbonyl (C=O) groups excluding carboxylic acids is 1. The fraction of sp³-hybridized carbons (Fsp3) is 0.929. The number of nitrogens with two attached hydrogens (primary N) is 1. The fourth-order valence-corrected chi connectivity index (χ4v) is 3.88. The smallest absolute Gasteiger partial charge is 0.226 e. The summed E-state index contributed by atoms with van der Waals surface area (Å²) in [7, 11) is 0. The first-order valence-corrected chi connectivity index (χ1v) is 6.86. The zero-order chi connectivity index (χ0) is 13.7. The van der Waals surface area contributed by atoms with E-state index in [1.807, 2.05) is 6.92 Å². The molecule has 104 valence electrons. The molecule has 4 heteroatoms. The van der Waals surface area contributed by atoms with Crippen molar-refractivity contribution in [3.8, 4) is 0 Å². The van der Waals surface area contributed by atoms with E-state index in [1.54, 1.807) is 0 Å². The van der Waals surface area contributed by atoms with Crippen molar-refractivity contribution in [3.05, 3.63) is 0 Å². The number of hydrogen-bond acceptors (Lipinski definition) is 3. The molecule has 1 aliphatic heterocycles. The van der Waals surface area contributed by atoms with E-state index in [4.69, 9.17) is 10.5 Å². The Morgan fingerprint density at radius 1 is 1.28 bits per heavy atom. The van der Waals surface area contributed by atoms with Crippen LogP contribution in [0.25, 0.3) is 0 Å². The Labute approximate surface area is 110 Å².